The van der Waals surface area contributed by atoms with Crippen molar-refractivity contribution in [2.75, 3.05) is 6.54 Å². The molecule has 3 heterocycles. The van der Waals surface area contributed by atoms with Gasteiger partial charge in [0.25, 0.3) is 11.8 Å². The largest absolute Gasteiger partial charge is 0.470 e. The van der Waals surface area contributed by atoms with Gasteiger partial charge in [-0.3, -0.25) is 4.79 Å². The van der Waals surface area contributed by atoms with Crippen molar-refractivity contribution >= 4 is 5.91 Å². The van der Waals surface area contributed by atoms with Crippen LogP contribution in [0.5, 0.6) is 5.88 Å². The molecule has 0 N–H and O–H groups in total. The number of aryl methyl sites for hydroxylation is 1. The average molecular weight is 422 g/mol. The van der Waals surface area contributed by atoms with E-state index >= 15 is 0 Å². The molecule has 1 aromatic carbocycles. The Morgan fingerprint density at radius 2 is 1.90 bits per heavy atom. The van der Waals surface area contributed by atoms with E-state index < -0.39 is 11.6 Å². The number of piperidine rings is 1. The van der Waals surface area contributed by atoms with Gasteiger partial charge >= 0.3 is 0 Å². The first-order valence-corrected chi connectivity index (χ1v) is 10.2. The van der Waals surface area contributed by atoms with Crippen LogP contribution in [0, 0.1) is 24.5 Å². The molecule has 6 nitrogen and oxygen atoms in total. The van der Waals surface area contributed by atoms with Gasteiger partial charge in [0.15, 0.2) is 11.6 Å². The summed E-state index contributed by atoms with van der Waals surface area (Å²) in [5, 5.41) is 0. The summed E-state index contributed by atoms with van der Waals surface area (Å²) in [7, 11) is 0. The van der Waals surface area contributed by atoms with Crippen LogP contribution in [0.25, 0.3) is 11.4 Å². The first-order chi connectivity index (χ1) is 15.0. The lowest BCUT2D eigenvalue weighted by molar-refractivity contribution is 0.0455. The van der Waals surface area contributed by atoms with Gasteiger partial charge in [-0.05, 0) is 55.5 Å². The maximum absolute atomic E-state index is 14.7. The van der Waals surface area contributed by atoms with Gasteiger partial charge in [-0.1, -0.05) is 6.07 Å². The van der Waals surface area contributed by atoms with Crippen molar-refractivity contribution in [2.45, 2.75) is 31.9 Å². The average Bonchev–Trinajstić information content (AvgIpc) is 3.36. The van der Waals surface area contributed by atoms with Gasteiger partial charge < -0.3 is 9.64 Å². The second-order valence-corrected chi connectivity index (χ2v) is 8.05. The second-order valence-electron chi connectivity index (χ2n) is 8.05. The molecule has 31 heavy (non-hydrogen) atoms. The van der Waals surface area contributed by atoms with E-state index in [0.29, 0.717) is 12.1 Å². The predicted molar refractivity (Wildman–Crippen MR) is 108 cm³/mol. The standard InChI is InChI=1S/C23H20F2N4O2/c1-13-8-17(25)22(28-11-13)31-19-10-14-9-18(19)29(12-14)23(30)15-4-2-5-16(24)20(15)21-26-6-3-7-27-21/h2-8,11,14,18-19H,9-10,12H2,1H3. The van der Waals surface area contributed by atoms with Crippen molar-refractivity contribution in [1.29, 1.82) is 0 Å². The van der Waals surface area contributed by atoms with Gasteiger partial charge in [0.1, 0.15) is 11.9 Å². The summed E-state index contributed by atoms with van der Waals surface area (Å²) >= 11 is 0. The minimum absolute atomic E-state index is 0.0559. The number of benzene rings is 1. The second kappa shape index (κ2) is 7.68. The molecule has 1 aliphatic carbocycles. The molecule has 0 spiro atoms. The summed E-state index contributed by atoms with van der Waals surface area (Å²) in [5.41, 5.74) is 0.994. The van der Waals surface area contributed by atoms with Crippen molar-refractivity contribution in [2.24, 2.45) is 5.92 Å². The molecule has 2 fully saturated rings. The maximum Gasteiger partial charge on any atom is 0.255 e. The molecule has 2 bridgehead atoms. The van der Waals surface area contributed by atoms with Crippen LogP contribution in [-0.2, 0) is 0 Å². The van der Waals surface area contributed by atoms with Crippen LogP contribution in [0.3, 0.4) is 0 Å². The van der Waals surface area contributed by atoms with Crippen LogP contribution in [0.1, 0.15) is 28.8 Å². The first kappa shape index (κ1) is 19.5. The number of aromatic nitrogens is 3. The van der Waals surface area contributed by atoms with Crippen molar-refractivity contribution in [1.82, 2.24) is 19.9 Å². The molecule has 3 unspecified atom stereocenters. The van der Waals surface area contributed by atoms with Crippen LogP contribution in [0.15, 0.2) is 48.9 Å². The van der Waals surface area contributed by atoms with E-state index in [1.165, 1.54) is 30.6 Å². The normalized spacial score (nSPS) is 22.0. The number of ether oxygens (including phenoxy) is 1. The van der Waals surface area contributed by atoms with E-state index in [1.807, 2.05) is 0 Å². The minimum atomic E-state index is -0.555. The van der Waals surface area contributed by atoms with E-state index in [2.05, 4.69) is 15.0 Å². The fraction of sp³-hybridized carbons (Fsp3) is 0.304. The number of amides is 1. The monoisotopic (exact) mass is 422 g/mol. The Hall–Kier alpha value is -3.42. The number of hydrogen-bond acceptors (Lipinski definition) is 5. The molecule has 158 valence electrons. The van der Waals surface area contributed by atoms with E-state index in [9.17, 15) is 13.6 Å². The minimum Gasteiger partial charge on any atom is -0.470 e. The summed E-state index contributed by atoms with van der Waals surface area (Å²) in [6.45, 7) is 2.31. The van der Waals surface area contributed by atoms with Crippen molar-refractivity contribution in [3.05, 3.63) is 71.7 Å². The lowest BCUT2D eigenvalue weighted by Gasteiger charge is -2.33. The molecule has 2 aliphatic rings. The molecule has 3 atom stereocenters. The SMILES string of the molecule is Cc1cnc(OC2CC3CC2N(C(=O)c2cccc(F)c2-c2ncccn2)C3)c(F)c1. The number of hydrogen-bond donors (Lipinski definition) is 0. The van der Waals surface area contributed by atoms with Crippen LogP contribution in [0.4, 0.5) is 8.78 Å². The fourth-order valence-electron chi connectivity index (χ4n) is 4.59. The summed E-state index contributed by atoms with van der Waals surface area (Å²) < 4.78 is 34.8. The van der Waals surface area contributed by atoms with E-state index in [0.717, 1.165) is 12.8 Å². The molecule has 1 aliphatic heterocycles. The Kier molecular flexibility index (Phi) is 4.84. The van der Waals surface area contributed by atoms with E-state index in [4.69, 9.17) is 4.74 Å². The Balaban J connectivity index is 1.43. The maximum atomic E-state index is 14.7. The summed E-state index contributed by atoms with van der Waals surface area (Å²) in [4.78, 5) is 27.4. The third kappa shape index (κ3) is 3.52. The Morgan fingerprint density at radius 3 is 2.65 bits per heavy atom. The summed E-state index contributed by atoms with van der Waals surface area (Å²) in [6.07, 6.45) is 5.68. The lowest BCUT2D eigenvalue weighted by atomic mass is 10.0. The molecule has 8 heteroatoms. The lowest BCUT2D eigenvalue weighted by Crippen LogP contribution is -2.47. The number of rotatable bonds is 4. The van der Waals surface area contributed by atoms with Crippen LogP contribution >= 0.6 is 0 Å². The molecule has 1 amide bonds. The number of halogens is 2. The zero-order valence-electron chi connectivity index (χ0n) is 16.8. The van der Waals surface area contributed by atoms with Crippen molar-refractivity contribution in [3.8, 4) is 17.3 Å². The number of likely N-dealkylation sites (tertiary alicyclic amines) is 1. The predicted octanol–water partition coefficient (Wildman–Crippen LogP) is 3.81. The molecule has 2 aromatic heterocycles. The van der Waals surface area contributed by atoms with Crippen molar-refractivity contribution < 1.29 is 18.3 Å². The van der Waals surface area contributed by atoms with Gasteiger partial charge in [-0.2, -0.15) is 0 Å². The van der Waals surface area contributed by atoms with Crippen LogP contribution in [0.2, 0.25) is 0 Å². The summed E-state index contributed by atoms with van der Waals surface area (Å²) in [6, 6.07) is 7.15. The highest BCUT2D eigenvalue weighted by molar-refractivity contribution is 6.00. The van der Waals surface area contributed by atoms with E-state index in [1.54, 1.807) is 30.2 Å². The summed E-state index contributed by atoms with van der Waals surface area (Å²) in [5.74, 6) is -1.03. The number of fused-ring (bicyclic) bond motifs is 2. The fourth-order valence-corrected chi connectivity index (χ4v) is 4.59. The molecule has 3 aromatic rings. The zero-order chi connectivity index (χ0) is 21.5. The van der Waals surface area contributed by atoms with Gasteiger partial charge in [0, 0.05) is 25.1 Å². The molecule has 1 saturated heterocycles. The highest BCUT2D eigenvalue weighted by atomic mass is 19.1. The number of pyridine rings is 1. The Labute approximate surface area is 177 Å². The molecule has 0 radical (unpaired) electrons. The number of carbonyl (C=O) groups is 1. The highest BCUT2D eigenvalue weighted by Crippen LogP contribution is 2.41. The quantitative estimate of drug-likeness (QED) is 0.640. The highest BCUT2D eigenvalue weighted by Gasteiger charge is 2.49. The number of carbonyl (C=O) groups excluding carboxylic acids is 1. The molecule has 5 rings (SSSR count). The third-order valence-corrected chi connectivity index (χ3v) is 5.93. The van der Waals surface area contributed by atoms with Crippen molar-refractivity contribution in [3.63, 3.8) is 0 Å². The smallest absolute Gasteiger partial charge is 0.255 e. The van der Waals surface area contributed by atoms with Crippen LogP contribution in [-0.4, -0.2) is 44.4 Å². The van der Waals surface area contributed by atoms with Gasteiger partial charge in [0.2, 0.25) is 0 Å². The van der Waals surface area contributed by atoms with Crippen LogP contribution < -0.4 is 4.74 Å². The molecular weight excluding hydrogens is 402 g/mol. The molecule has 1 saturated carbocycles. The van der Waals surface area contributed by atoms with Gasteiger partial charge in [0.05, 0.1) is 17.2 Å². The third-order valence-electron chi connectivity index (χ3n) is 5.93. The first-order valence-electron chi connectivity index (χ1n) is 10.2. The van der Waals surface area contributed by atoms with Gasteiger partial charge in [-0.25, -0.2) is 23.7 Å². The van der Waals surface area contributed by atoms with E-state index in [-0.39, 0.29) is 46.8 Å². The number of nitrogens with zero attached hydrogens (tertiary/aromatic N) is 4. The molecular formula is C23H20F2N4O2. The zero-order valence-corrected chi connectivity index (χ0v) is 16.8. The Morgan fingerprint density at radius 1 is 1.10 bits per heavy atom. The Bertz CT molecular complexity index is 1140. The topological polar surface area (TPSA) is 68.2 Å². The van der Waals surface area contributed by atoms with Gasteiger partial charge in [-0.15, -0.1) is 0 Å².